The van der Waals surface area contributed by atoms with Crippen LogP contribution in [0.5, 0.6) is 0 Å². The summed E-state index contributed by atoms with van der Waals surface area (Å²) in [7, 11) is 3.47. The number of benzene rings is 2. The van der Waals surface area contributed by atoms with Crippen LogP contribution in [0.1, 0.15) is 11.1 Å². The molecule has 0 amide bonds. The van der Waals surface area contributed by atoms with Crippen LogP contribution in [0.15, 0.2) is 48.5 Å². The number of aliphatic hydroxyl groups is 1. The minimum atomic E-state index is -5.00. The maximum atomic E-state index is 13.6. The molecular formula is C16H15F3N2O3. The fourth-order valence-electron chi connectivity index (χ4n) is 2.32. The van der Waals surface area contributed by atoms with Gasteiger partial charge in [0.25, 0.3) is 5.69 Å². The Labute approximate surface area is 136 Å². The van der Waals surface area contributed by atoms with Gasteiger partial charge in [-0.2, -0.15) is 13.2 Å². The third-order valence-electron chi connectivity index (χ3n) is 3.71. The summed E-state index contributed by atoms with van der Waals surface area (Å²) < 4.78 is 40.8. The van der Waals surface area contributed by atoms with Crippen LogP contribution in [0.3, 0.4) is 0 Å². The van der Waals surface area contributed by atoms with E-state index in [2.05, 4.69) is 0 Å². The van der Waals surface area contributed by atoms with Crippen molar-refractivity contribution in [3.63, 3.8) is 0 Å². The Morgan fingerprint density at radius 2 is 1.38 bits per heavy atom. The first-order chi connectivity index (χ1) is 11.1. The molecule has 5 nitrogen and oxygen atoms in total. The van der Waals surface area contributed by atoms with Gasteiger partial charge in [0.1, 0.15) is 0 Å². The van der Waals surface area contributed by atoms with Gasteiger partial charge in [-0.3, -0.25) is 10.1 Å². The molecule has 8 heteroatoms. The lowest BCUT2D eigenvalue weighted by molar-refractivity contribution is -0.384. The molecule has 1 N–H and O–H groups in total. The fraction of sp³-hybridized carbons (Fsp3) is 0.250. The molecule has 0 saturated heterocycles. The van der Waals surface area contributed by atoms with Crippen LogP contribution in [0, 0.1) is 10.1 Å². The lowest BCUT2D eigenvalue weighted by Crippen LogP contribution is -2.43. The second-order valence-corrected chi connectivity index (χ2v) is 5.45. The number of hydrogen-bond acceptors (Lipinski definition) is 4. The zero-order valence-electron chi connectivity index (χ0n) is 12.9. The van der Waals surface area contributed by atoms with Crippen molar-refractivity contribution in [1.82, 2.24) is 0 Å². The Hall–Kier alpha value is -2.61. The molecule has 0 spiro atoms. The highest BCUT2D eigenvalue weighted by molar-refractivity contribution is 5.50. The standard InChI is InChI=1S/C16H15F3N2O3/c1-20(2)13-7-3-11(4-8-13)15(22,16(17,18)19)12-5-9-14(10-6-12)21(23)24/h3-10,22H,1-2H3. The molecule has 0 saturated carbocycles. The normalized spacial score (nSPS) is 14.1. The molecule has 0 aliphatic heterocycles. The van der Waals surface area contributed by atoms with Crippen LogP contribution < -0.4 is 4.90 Å². The number of anilines is 1. The van der Waals surface area contributed by atoms with Crippen LogP contribution in [-0.4, -0.2) is 30.3 Å². The monoisotopic (exact) mass is 340 g/mol. The molecule has 0 radical (unpaired) electrons. The molecule has 2 aromatic carbocycles. The van der Waals surface area contributed by atoms with Gasteiger partial charge in [0.2, 0.25) is 5.60 Å². The van der Waals surface area contributed by atoms with Crippen molar-refractivity contribution < 1.29 is 23.2 Å². The van der Waals surface area contributed by atoms with Gasteiger partial charge in [0.05, 0.1) is 4.92 Å². The number of alkyl halides is 3. The summed E-state index contributed by atoms with van der Waals surface area (Å²) >= 11 is 0. The zero-order chi connectivity index (χ0) is 18.1. The molecule has 0 bridgehead atoms. The predicted molar refractivity (Wildman–Crippen MR) is 82.9 cm³/mol. The third kappa shape index (κ3) is 3.05. The summed E-state index contributed by atoms with van der Waals surface area (Å²) in [4.78, 5) is 11.6. The molecule has 128 valence electrons. The summed E-state index contributed by atoms with van der Waals surface area (Å²) in [6.45, 7) is 0. The summed E-state index contributed by atoms with van der Waals surface area (Å²) in [6.07, 6.45) is -5.00. The van der Waals surface area contributed by atoms with E-state index in [0.29, 0.717) is 5.69 Å². The summed E-state index contributed by atoms with van der Waals surface area (Å²) in [5.41, 5.74) is -3.79. The van der Waals surface area contributed by atoms with Crippen molar-refractivity contribution in [2.45, 2.75) is 11.8 Å². The molecule has 1 atom stereocenters. The molecule has 0 aromatic heterocycles. The van der Waals surface area contributed by atoms with Crippen molar-refractivity contribution in [2.75, 3.05) is 19.0 Å². The average molecular weight is 340 g/mol. The average Bonchev–Trinajstić information content (AvgIpc) is 2.53. The molecule has 0 aliphatic rings. The number of non-ortho nitro benzene ring substituents is 1. The molecule has 0 aliphatic carbocycles. The highest BCUT2D eigenvalue weighted by atomic mass is 19.4. The Morgan fingerprint density at radius 3 is 1.71 bits per heavy atom. The Kier molecular flexibility index (Phi) is 4.52. The van der Waals surface area contributed by atoms with Crippen molar-refractivity contribution in [2.24, 2.45) is 0 Å². The summed E-state index contributed by atoms with van der Waals surface area (Å²) in [6, 6.07) is 8.96. The Morgan fingerprint density at radius 1 is 0.958 bits per heavy atom. The van der Waals surface area contributed by atoms with E-state index in [0.717, 1.165) is 24.3 Å². The van der Waals surface area contributed by atoms with Gasteiger partial charge < -0.3 is 10.0 Å². The molecular weight excluding hydrogens is 325 g/mol. The second kappa shape index (κ2) is 6.12. The van der Waals surface area contributed by atoms with Crippen LogP contribution in [-0.2, 0) is 5.60 Å². The second-order valence-electron chi connectivity index (χ2n) is 5.45. The number of nitrogens with zero attached hydrogens (tertiary/aromatic N) is 2. The van der Waals surface area contributed by atoms with E-state index in [1.807, 2.05) is 0 Å². The van der Waals surface area contributed by atoms with Crippen molar-refractivity contribution >= 4 is 11.4 Å². The molecule has 2 rings (SSSR count). The van der Waals surface area contributed by atoms with Gasteiger partial charge in [-0.1, -0.05) is 12.1 Å². The van der Waals surface area contributed by atoms with Gasteiger partial charge >= 0.3 is 6.18 Å². The van der Waals surface area contributed by atoms with E-state index in [1.54, 1.807) is 19.0 Å². The zero-order valence-corrected chi connectivity index (χ0v) is 12.9. The first-order valence-corrected chi connectivity index (χ1v) is 6.89. The van der Waals surface area contributed by atoms with Crippen LogP contribution in [0.4, 0.5) is 24.5 Å². The number of rotatable bonds is 4. The molecule has 0 heterocycles. The Balaban J connectivity index is 2.56. The molecule has 24 heavy (non-hydrogen) atoms. The summed E-state index contributed by atoms with van der Waals surface area (Å²) in [5.74, 6) is 0. The van der Waals surface area contributed by atoms with Crippen molar-refractivity contribution in [1.29, 1.82) is 0 Å². The number of hydrogen-bond donors (Lipinski definition) is 1. The fourth-order valence-corrected chi connectivity index (χ4v) is 2.32. The van der Waals surface area contributed by atoms with Crippen molar-refractivity contribution in [3.05, 3.63) is 69.8 Å². The van der Waals surface area contributed by atoms with Crippen LogP contribution >= 0.6 is 0 Å². The molecule has 0 fully saturated rings. The lowest BCUT2D eigenvalue weighted by atomic mass is 9.85. The van der Waals surface area contributed by atoms with Gasteiger partial charge in [0.15, 0.2) is 0 Å². The first-order valence-electron chi connectivity index (χ1n) is 6.89. The van der Waals surface area contributed by atoms with Gasteiger partial charge in [-0.15, -0.1) is 0 Å². The van der Waals surface area contributed by atoms with E-state index in [-0.39, 0.29) is 11.3 Å². The quantitative estimate of drug-likeness (QED) is 0.684. The van der Waals surface area contributed by atoms with E-state index < -0.39 is 22.3 Å². The largest absolute Gasteiger partial charge is 0.425 e. The lowest BCUT2D eigenvalue weighted by Gasteiger charge is -2.31. The first kappa shape index (κ1) is 17.7. The third-order valence-corrected chi connectivity index (χ3v) is 3.71. The smallest absolute Gasteiger partial charge is 0.378 e. The van der Waals surface area contributed by atoms with Gasteiger partial charge in [-0.25, -0.2) is 0 Å². The minimum Gasteiger partial charge on any atom is -0.378 e. The topological polar surface area (TPSA) is 66.6 Å². The van der Waals surface area contributed by atoms with Crippen LogP contribution in [0.25, 0.3) is 0 Å². The van der Waals surface area contributed by atoms with E-state index in [9.17, 15) is 28.4 Å². The highest BCUT2D eigenvalue weighted by Crippen LogP contribution is 2.44. The maximum Gasteiger partial charge on any atom is 0.425 e. The molecule has 2 aromatic rings. The number of halogens is 3. The number of nitro benzene ring substituents is 1. The van der Waals surface area contributed by atoms with Crippen LogP contribution in [0.2, 0.25) is 0 Å². The van der Waals surface area contributed by atoms with E-state index in [4.69, 9.17) is 0 Å². The predicted octanol–water partition coefficient (Wildman–Crippen LogP) is 3.46. The maximum absolute atomic E-state index is 13.6. The minimum absolute atomic E-state index is 0.355. The van der Waals surface area contributed by atoms with Gasteiger partial charge in [-0.05, 0) is 35.4 Å². The van der Waals surface area contributed by atoms with E-state index >= 15 is 0 Å². The van der Waals surface area contributed by atoms with E-state index in [1.165, 1.54) is 24.3 Å². The Bertz CT molecular complexity index is 728. The summed E-state index contributed by atoms with van der Waals surface area (Å²) in [5, 5.41) is 21.1. The van der Waals surface area contributed by atoms with Gasteiger partial charge in [0, 0.05) is 31.9 Å². The SMILES string of the molecule is CN(C)c1ccc(C(O)(c2ccc([N+](=O)[O-])cc2)C(F)(F)F)cc1. The molecule has 1 unspecified atom stereocenters. The highest BCUT2D eigenvalue weighted by Gasteiger charge is 2.56. The number of nitro groups is 1. The van der Waals surface area contributed by atoms with Crippen molar-refractivity contribution in [3.8, 4) is 0 Å².